The van der Waals surface area contributed by atoms with Gasteiger partial charge in [-0.25, -0.2) is 14.6 Å². The van der Waals surface area contributed by atoms with E-state index in [0.717, 1.165) is 65.8 Å². The molecule has 0 radical (unpaired) electrons. The Balaban J connectivity index is 1.13. The van der Waals surface area contributed by atoms with Crippen molar-refractivity contribution in [2.24, 2.45) is 5.41 Å². The molecule has 184 valence electrons. The van der Waals surface area contributed by atoms with Crippen LogP contribution >= 0.6 is 0 Å². The smallest absolute Gasteiger partial charge is 0.164 e. The Morgan fingerprint density at radius 2 is 1.61 bits per heavy atom. The van der Waals surface area contributed by atoms with Crippen molar-refractivity contribution in [3.8, 4) is 22.8 Å². The number of para-hydroxylation sites is 1. The quantitative estimate of drug-likeness (QED) is 0.440. The maximum atomic E-state index is 6.36. The lowest BCUT2D eigenvalue weighted by molar-refractivity contribution is -0.0271. The second-order valence-electron chi connectivity index (χ2n) is 10.6. The number of fused-ring (bicyclic) bond motifs is 1. The van der Waals surface area contributed by atoms with Crippen molar-refractivity contribution < 1.29 is 4.74 Å². The molecule has 8 nitrogen and oxygen atoms in total. The number of benzene rings is 2. The lowest BCUT2D eigenvalue weighted by atomic mass is 9.60. The maximum Gasteiger partial charge on any atom is 0.164 e. The van der Waals surface area contributed by atoms with E-state index in [-0.39, 0.29) is 0 Å². The number of anilines is 1. The molecule has 8 heteroatoms. The zero-order chi connectivity index (χ0) is 24.1. The van der Waals surface area contributed by atoms with Crippen LogP contribution in [-0.4, -0.2) is 56.9 Å². The lowest BCUT2D eigenvalue weighted by Crippen LogP contribution is -2.60. The standard InChI is InChI=1S/C28H31N7O/c29-26-24-25(19-6-8-23(9-7-19)36-22-4-2-1-3-5-22)33-35(27(24)32-18-31-26)20-14-28(15-20)10-12-34(13-11-28)21-16-30-17-21/h1-9,18,20-21,30H,10-17H2,(H2,29,31,32). The molecule has 1 saturated carbocycles. The third-order valence-corrected chi connectivity index (χ3v) is 8.44. The van der Waals surface area contributed by atoms with E-state index in [2.05, 4.69) is 24.9 Å². The molecule has 2 saturated heterocycles. The molecule has 2 aromatic carbocycles. The highest BCUT2D eigenvalue weighted by molar-refractivity contribution is 5.98. The third-order valence-electron chi connectivity index (χ3n) is 8.44. The molecule has 3 N–H and O–H groups in total. The van der Waals surface area contributed by atoms with Crippen LogP contribution < -0.4 is 15.8 Å². The highest BCUT2D eigenvalue weighted by Crippen LogP contribution is 2.55. The predicted octanol–water partition coefficient (Wildman–Crippen LogP) is 4.26. The topological polar surface area (TPSA) is 94.1 Å². The Morgan fingerprint density at radius 1 is 0.889 bits per heavy atom. The number of nitrogens with one attached hydrogen (secondary N) is 1. The Kier molecular flexibility index (Phi) is 5.18. The van der Waals surface area contributed by atoms with E-state index in [1.54, 1.807) is 6.33 Å². The highest BCUT2D eigenvalue weighted by Gasteiger charge is 2.48. The van der Waals surface area contributed by atoms with Crippen molar-refractivity contribution in [2.75, 3.05) is 31.9 Å². The van der Waals surface area contributed by atoms with Crippen LogP contribution in [0.25, 0.3) is 22.3 Å². The molecule has 7 rings (SSSR count). The van der Waals surface area contributed by atoms with Crippen LogP contribution in [0, 0.1) is 5.41 Å². The van der Waals surface area contributed by atoms with E-state index in [0.29, 0.717) is 17.3 Å². The Bertz CT molecular complexity index is 1360. The van der Waals surface area contributed by atoms with Crippen molar-refractivity contribution in [3.05, 3.63) is 60.9 Å². The van der Waals surface area contributed by atoms with E-state index in [9.17, 15) is 0 Å². The highest BCUT2D eigenvalue weighted by atomic mass is 16.5. The zero-order valence-electron chi connectivity index (χ0n) is 20.3. The molecule has 0 bridgehead atoms. The van der Waals surface area contributed by atoms with Gasteiger partial charge >= 0.3 is 0 Å². The van der Waals surface area contributed by atoms with Crippen molar-refractivity contribution in [2.45, 2.75) is 37.8 Å². The van der Waals surface area contributed by atoms with Gasteiger partial charge in [0.15, 0.2) is 5.65 Å². The molecule has 3 fully saturated rings. The minimum absolute atomic E-state index is 0.355. The van der Waals surface area contributed by atoms with Crippen LogP contribution in [0.15, 0.2) is 60.9 Å². The molecule has 4 aromatic rings. The van der Waals surface area contributed by atoms with Crippen molar-refractivity contribution in [3.63, 3.8) is 0 Å². The molecule has 2 aromatic heterocycles. The van der Waals surface area contributed by atoms with Gasteiger partial charge < -0.3 is 15.8 Å². The molecule has 0 atom stereocenters. The fourth-order valence-electron chi connectivity index (χ4n) is 6.17. The zero-order valence-corrected chi connectivity index (χ0v) is 20.3. The SMILES string of the molecule is Nc1ncnc2c1c(-c1ccc(Oc3ccccc3)cc1)nn2C1CC2(CCN(C3CNC3)CC2)C1. The molecule has 0 unspecified atom stereocenters. The number of nitrogens with zero attached hydrogens (tertiary/aromatic N) is 5. The third kappa shape index (κ3) is 3.72. The van der Waals surface area contributed by atoms with E-state index in [1.807, 2.05) is 54.6 Å². The van der Waals surface area contributed by atoms with Gasteiger partial charge in [0.25, 0.3) is 0 Å². The lowest BCUT2D eigenvalue weighted by Gasteiger charge is -2.54. The van der Waals surface area contributed by atoms with Gasteiger partial charge in [-0.15, -0.1) is 0 Å². The average Bonchev–Trinajstić information content (AvgIpc) is 3.24. The summed E-state index contributed by atoms with van der Waals surface area (Å²) < 4.78 is 8.08. The van der Waals surface area contributed by atoms with Crippen molar-refractivity contribution >= 4 is 16.9 Å². The average molecular weight is 482 g/mol. The number of rotatable bonds is 5. The summed E-state index contributed by atoms with van der Waals surface area (Å²) in [5.74, 6) is 2.07. The Labute approximate surface area is 210 Å². The summed E-state index contributed by atoms with van der Waals surface area (Å²) in [6.07, 6.45) is 6.44. The summed E-state index contributed by atoms with van der Waals surface area (Å²) in [7, 11) is 0. The number of ether oxygens (including phenoxy) is 1. The van der Waals surface area contributed by atoms with Crippen LogP contribution in [0.3, 0.4) is 0 Å². The predicted molar refractivity (Wildman–Crippen MR) is 140 cm³/mol. The second-order valence-corrected chi connectivity index (χ2v) is 10.6. The Hall–Kier alpha value is -3.49. The van der Waals surface area contributed by atoms with E-state index >= 15 is 0 Å². The number of nitrogens with two attached hydrogens (primary N) is 1. The summed E-state index contributed by atoms with van der Waals surface area (Å²) in [5.41, 5.74) is 9.46. The number of hydrogen-bond acceptors (Lipinski definition) is 7. The molecule has 4 heterocycles. The molecule has 1 aliphatic carbocycles. The first-order valence-corrected chi connectivity index (χ1v) is 12.9. The fourth-order valence-corrected chi connectivity index (χ4v) is 6.17. The van der Waals surface area contributed by atoms with Gasteiger partial charge in [0, 0.05) is 24.7 Å². The number of nitrogen functional groups attached to an aromatic ring is 1. The maximum absolute atomic E-state index is 6.36. The Morgan fingerprint density at radius 3 is 2.31 bits per heavy atom. The summed E-state index contributed by atoms with van der Waals surface area (Å²) >= 11 is 0. The fraction of sp³-hybridized carbons (Fsp3) is 0.393. The minimum atomic E-state index is 0.355. The van der Waals surface area contributed by atoms with Gasteiger partial charge in [-0.2, -0.15) is 5.10 Å². The van der Waals surface area contributed by atoms with Gasteiger partial charge in [-0.05, 0) is 80.6 Å². The van der Waals surface area contributed by atoms with E-state index in [1.165, 1.54) is 25.9 Å². The summed E-state index contributed by atoms with van der Waals surface area (Å²) in [6, 6.07) is 18.9. The first-order valence-electron chi connectivity index (χ1n) is 12.9. The van der Waals surface area contributed by atoms with Gasteiger partial charge in [-0.1, -0.05) is 18.2 Å². The number of hydrogen-bond donors (Lipinski definition) is 2. The van der Waals surface area contributed by atoms with Crippen molar-refractivity contribution in [1.82, 2.24) is 30.0 Å². The van der Waals surface area contributed by atoms with Crippen LogP contribution in [0.1, 0.15) is 31.7 Å². The number of piperidine rings is 1. The van der Waals surface area contributed by atoms with E-state index in [4.69, 9.17) is 15.6 Å². The first kappa shape index (κ1) is 21.8. The van der Waals surface area contributed by atoms with Gasteiger partial charge in [0.1, 0.15) is 29.3 Å². The van der Waals surface area contributed by atoms with Crippen molar-refractivity contribution in [1.29, 1.82) is 0 Å². The van der Waals surface area contributed by atoms with Crippen LogP contribution in [0.4, 0.5) is 5.82 Å². The summed E-state index contributed by atoms with van der Waals surface area (Å²) in [5, 5.41) is 9.31. The second kappa shape index (κ2) is 8.57. The normalized spacial score (nSPS) is 20.3. The minimum Gasteiger partial charge on any atom is -0.457 e. The first-order chi connectivity index (χ1) is 17.7. The number of likely N-dealkylation sites (tertiary alicyclic amines) is 1. The van der Waals surface area contributed by atoms with Crippen LogP contribution in [0.2, 0.25) is 0 Å². The molecule has 36 heavy (non-hydrogen) atoms. The van der Waals surface area contributed by atoms with Gasteiger partial charge in [-0.3, -0.25) is 4.90 Å². The molecule has 1 spiro atoms. The molecule has 0 amide bonds. The molecule has 3 aliphatic rings. The monoisotopic (exact) mass is 481 g/mol. The van der Waals surface area contributed by atoms with Gasteiger partial charge in [0.2, 0.25) is 0 Å². The van der Waals surface area contributed by atoms with Gasteiger partial charge in [0.05, 0.1) is 11.4 Å². The number of aromatic nitrogens is 4. The van der Waals surface area contributed by atoms with E-state index < -0.39 is 0 Å². The van der Waals surface area contributed by atoms with Crippen LogP contribution in [-0.2, 0) is 0 Å². The summed E-state index contributed by atoms with van der Waals surface area (Å²) in [4.78, 5) is 11.6. The molecular formula is C28H31N7O. The van der Waals surface area contributed by atoms with Crippen LogP contribution in [0.5, 0.6) is 11.5 Å². The largest absolute Gasteiger partial charge is 0.457 e. The molecule has 2 aliphatic heterocycles. The molecular weight excluding hydrogens is 450 g/mol. The summed E-state index contributed by atoms with van der Waals surface area (Å²) in [6.45, 7) is 4.74.